The molecular weight excluding hydrogens is 244 g/mol. The number of sulfonamides is 1. The second kappa shape index (κ2) is 7.53. The lowest BCUT2D eigenvalue weighted by molar-refractivity contribution is 0.476. The number of hydrogen-bond acceptors (Lipinski definition) is 4. The van der Waals surface area contributed by atoms with Crippen molar-refractivity contribution < 1.29 is 8.42 Å². The summed E-state index contributed by atoms with van der Waals surface area (Å²) in [7, 11) is -3.01. The molecule has 1 rings (SSSR count). The monoisotopic (exact) mass is 266 g/mol. The minimum absolute atomic E-state index is 0.167. The molecule has 0 aromatic rings. The van der Waals surface area contributed by atoms with Crippen LogP contribution in [-0.2, 0) is 10.0 Å². The lowest BCUT2D eigenvalue weighted by atomic mass is 10.1. The van der Waals surface area contributed by atoms with Gasteiger partial charge in [-0.25, -0.2) is 13.1 Å². The van der Waals surface area contributed by atoms with Crippen LogP contribution in [0.2, 0.25) is 0 Å². The van der Waals surface area contributed by atoms with Crippen LogP contribution in [0.4, 0.5) is 0 Å². The lowest BCUT2D eigenvalue weighted by Gasteiger charge is -2.22. The molecule has 16 heavy (non-hydrogen) atoms. The minimum atomic E-state index is -3.01. The van der Waals surface area contributed by atoms with Gasteiger partial charge in [-0.15, -0.1) is 0 Å². The van der Waals surface area contributed by atoms with E-state index in [1.807, 2.05) is 11.8 Å². The highest BCUT2D eigenvalue weighted by atomic mass is 32.2. The maximum Gasteiger partial charge on any atom is 0.211 e. The molecule has 0 atom stereocenters. The van der Waals surface area contributed by atoms with E-state index in [1.165, 1.54) is 24.3 Å². The SMILES string of the molecule is CCS(=O)(=O)NCCCNC1CCSCC1. The zero-order chi connectivity index (χ0) is 11.9. The standard InChI is InChI=1S/C10H22N2O2S2/c1-2-16(13,14)12-7-3-6-11-10-4-8-15-9-5-10/h10-12H,2-9H2,1H3. The van der Waals surface area contributed by atoms with Crippen molar-refractivity contribution >= 4 is 21.8 Å². The molecule has 0 aromatic carbocycles. The summed E-state index contributed by atoms with van der Waals surface area (Å²) >= 11 is 2.02. The van der Waals surface area contributed by atoms with Gasteiger partial charge < -0.3 is 5.32 Å². The van der Waals surface area contributed by atoms with Crippen molar-refractivity contribution in [1.29, 1.82) is 0 Å². The average Bonchev–Trinajstić information content (AvgIpc) is 2.30. The first-order chi connectivity index (χ1) is 7.64. The van der Waals surface area contributed by atoms with Gasteiger partial charge in [-0.3, -0.25) is 0 Å². The van der Waals surface area contributed by atoms with Crippen LogP contribution in [0.1, 0.15) is 26.2 Å². The first kappa shape index (κ1) is 14.3. The normalized spacial score (nSPS) is 18.8. The van der Waals surface area contributed by atoms with Gasteiger partial charge in [-0.2, -0.15) is 11.8 Å². The fraction of sp³-hybridized carbons (Fsp3) is 1.00. The van der Waals surface area contributed by atoms with Crippen molar-refractivity contribution in [3.8, 4) is 0 Å². The number of thioether (sulfide) groups is 1. The van der Waals surface area contributed by atoms with E-state index in [0.717, 1.165) is 13.0 Å². The summed E-state index contributed by atoms with van der Waals surface area (Å²) in [5, 5.41) is 3.48. The van der Waals surface area contributed by atoms with E-state index in [-0.39, 0.29) is 5.75 Å². The molecule has 1 heterocycles. The summed E-state index contributed by atoms with van der Waals surface area (Å²) in [4.78, 5) is 0. The smallest absolute Gasteiger partial charge is 0.211 e. The summed E-state index contributed by atoms with van der Waals surface area (Å²) < 4.78 is 24.8. The predicted molar refractivity (Wildman–Crippen MR) is 70.4 cm³/mol. The molecule has 1 fully saturated rings. The van der Waals surface area contributed by atoms with Crippen molar-refractivity contribution in [3.05, 3.63) is 0 Å². The molecule has 1 aliphatic heterocycles. The average molecular weight is 266 g/mol. The van der Waals surface area contributed by atoms with Crippen LogP contribution >= 0.6 is 11.8 Å². The third kappa shape index (κ3) is 6.08. The van der Waals surface area contributed by atoms with E-state index >= 15 is 0 Å². The van der Waals surface area contributed by atoms with Gasteiger partial charge in [0.25, 0.3) is 0 Å². The van der Waals surface area contributed by atoms with E-state index < -0.39 is 10.0 Å². The van der Waals surface area contributed by atoms with Gasteiger partial charge in [0.15, 0.2) is 0 Å². The zero-order valence-electron chi connectivity index (χ0n) is 9.87. The Morgan fingerprint density at radius 1 is 1.25 bits per heavy atom. The molecule has 2 N–H and O–H groups in total. The molecule has 0 spiro atoms. The van der Waals surface area contributed by atoms with Crippen LogP contribution in [0.25, 0.3) is 0 Å². The predicted octanol–water partition coefficient (Wildman–Crippen LogP) is 0.801. The van der Waals surface area contributed by atoms with Crippen molar-refractivity contribution in [2.45, 2.75) is 32.2 Å². The molecule has 0 amide bonds. The minimum Gasteiger partial charge on any atom is -0.314 e. The maximum atomic E-state index is 11.1. The van der Waals surface area contributed by atoms with Crippen LogP contribution in [0, 0.1) is 0 Å². The van der Waals surface area contributed by atoms with E-state index in [1.54, 1.807) is 6.92 Å². The number of nitrogens with one attached hydrogen (secondary N) is 2. The topological polar surface area (TPSA) is 58.2 Å². The van der Waals surface area contributed by atoms with Gasteiger partial charge in [-0.1, -0.05) is 0 Å². The lowest BCUT2D eigenvalue weighted by Crippen LogP contribution is -2.35. The van der Waals surface area contributed by atoms with Crippen molar-refractivity contribution in [2.75, 3.05) is 30.3 Å². The van der Waals surface area contributed by atoms with Gasteiger partial charge in [0.05, 0.1) is 5.75 Å². The third-order valence-corrected chi connectivity index (χ3v) is 5.16. The second-order valence-corrected chi connectivity index (χ2v) is 7.31. The fourth-order valence-corrected chi connectivity index (χ4v) is 3.39. The van der Waals surface area contributed by atoms with Crippen LogP contribution in [-0.4, -0.2) is 44.8 Å². The van der Waals surface area contributed by atoms with Crippen LogP contribution in [0.3, 0.4) is 0 Å². The molecule has 4 nitrogen and oxygen atoms in total. The summed E-state index contributed by atoms with van der Waals surface area (Å²) in [5.74, 6) is 2.67. The third-order valence-electron chi connectivity index (χ3n) is 2.71. The molecule has 0 saturated carbocycles. The molecule has 0 radical (unpaired) electrons. The Morgan fingerprint density at radius 3 is 2.56 bits per heavy atom. The highest BCUT2D eigenvalue weighted by Crippen LogP contribution is 2.16. The first-order valence-corrected chi connectivity index (χ1v) is 8.73. The number of hydrogen-bond donors (Lipinski definition) is 2. The largest absolute Gasteiger partial charge is 0.314 e. The Balaban J connectivity index is 1.99. The number of rotatable bonds is 7. The van der Waals surface area contributed by atoms with Crippen LogP contribution in [0.5, 0.6) is 0 Å². The van der Waals surface area contributed by atoms with Crippen LogP contribution < -0.4 is 10.0 Å². The first-order valence-electron chi connectivity index (χ1n) is 5.92. The molecular formula is C10H22N2O2S2. The van der Waals surface area contributed by atoms with E-state index in [0.29, 0.717) is 12.6 Å². The molecule has 0 aromatic heterocycles. The molecule has 1 aliphatic rings. The van der Waals surface area contributed by atoms with Gasteiger partial charge in [0, 0.05) is 12.6 Å². The fourth-order valence-electron chi connectivity index (χ4n) is 1.63. The van der Waals surface area contributed by atoms with Crippen LogP contribution in [0.15, 0.2) is 0 Å². The van der Waals surface area contributed by atoms with Gasteiger partial charge in [0.2, 0.25) is 10.0 Å². The van der Waals surface area contributed by atoms with Gasteiger partial charge >= 0.3 is 0 Å². The Bertz CT molecular complexity index is 275. The second-order valence-electron chi connectivity index (χ2n) is 3.99. The highest BCUT2D eigenvalue weighted by Gasteiger charge is 2.12. The summed E-state index contributed by atoms with van der Waals surface area (Å²) in [5.41, 5.74) is 0. The van der Waals surface area contributed by atoms with Gasteiger partial charge in [0.1, 0.15) is 0 Å². The molecule has 0 aliphatic carbocycles. The summed E-state index contributed by atoms with van der Waals surface area (Å²) in [6, 6.07) is 0.643. The highest BCUT2D eigenvalue weighted by molar-refractivity contribution is 7.99. The van der Waals surface area contributed by atoms with E-state index in [2.05, 4.69) is 10.0 Å². The van der Waals surface area contributed by atoms with E-state index in [9.17, 15) is 8.42 Å². The maximum absolute atomic E-state index is 11.1. The van der Waals surface area contributed by atoms with Gasteiger partial charge in [-0.05, 0) is 44.2 Å². The van der Waals surface area contributed by atoms with Crippen molar-refractivity contribution in [3.63, 3.8) is 0 Å². The Kier molecular flexibility index (Phi) is 6.72. The molecule has 0 bridgehead atoms. The summed E-state index contributed by atoms with van der Waals surface area (Å²) in [6.07, 6.45) is 3.35. The molecule has 0 unspecified atom stereocenters. The molecule has 1 saturated heterocycles. The van der Waals surface area contributed by atoms with Crippen molar-refractivity contribution in [2.24, 2.45) is 0 Å². The molecule has 96 valence electrons. The quantitative estimate of drug-likeness (QED) is 0.669. The Morgan fingerprint density at radius 2 is 1.94 bits per heavy atom. The summed E-state index contributed by atoms with van der Waals surface area (Å²) in [6.45, 7) is 3.10. The Hall–Kier alpha value is 0.220. The zero-order valence-corrected chi connectivity index (χ0v) is 11.5. The van der Waals surface area contributed by atoms with E-state index in [4.69, 9.17) is 0 Å². The Labute approximate surface area is 103 Å². The van der Waals surface area contributed by atoms with Crippen molar-refractivity contribution in [1.82, 2.24) is 10.0 Å². The molecule has 6 heteroatoms.